The fourth-order valence-electron chi connectivity index (χ4n) is 3.59. The number of rotatable bonds is 6. The summed E-state index contributed by atoms with van der Waals surface area (Å²) in [6, 6.07) is 7.92. The summed E-state index contributed by atoms with van der Waals surface area (Å²) in [5, 5.41) is 3.20. The highest BCUT2D eigenvalue weighted by molar-refractivity contribution is 7.91. The summed E-state index contributed by atoms with van der Waals surface area (Å²) < 4.78 is 28.3. The number of carbonyl (C=O) groups excluding carboxylic acids is 1. The Morgan fingerprint density at radius 2 is 1.96 bits per heavy atom. The lowest BCUT2D eigenvalue weighted by Crippen LogP contribution is -2.49. The van der Waals surface area contributed by atoms with Gasteiger partial charge < -0.3 is 19.9 Å². The van der Waals surface area contributed by atoms with Crippen molar-refractivity contribution in [3.05, 3.63) is 24.3 Å². The molecule has 1 aromatic rings. The molecule has 26 heavy (non-hydrogen) atoms. The number of carbonyl (C=O) groups is 1. The average Bonchev–Trinajstić information content (AvgIpc) is 3.00. The molecular formula is C18H27N3O4S. The Bertz CT molecular complexity index is 730. The monoisotopic (exact) mass is 381 g/mol. The second-order valence-electron chi connectivity index (χ2n) is 6.84. The first-order valence-electron chi connectivity index (χ1n) is 9.08. The van der Waals surface area contributed by atoms with Crippen molar-refractivity contribution in [3.8, 4) is 5.75 Å². The summed E-state index contributed by atoms with van der Waals surface area (Å²) in [4.78, 5) is 16.5. The van der Waals surface area contributed by atoms with Gasteiger partial charge in [0, 0.05) is 45.2 Å². The minimum atomic E-state index is -2.88. The number of hydrogen-bond acceptors (Lipinski definition) is 6. The van der Waals surface area contributed by atoms with E-state index in [4.69, 9.17) is 4.74 Å². The molecule has 1 aromatic carbocycles. The van der Waals surface area contributed by atoms with E-state index in [0.29, 0.717) is 32.5 Å². The third-order valence-electron chi connectivity index (χ3n) is 5.06. The van der Waals surface area contributed by atoms with Crippen molar-refractivity contribution < 1.29 is 17.9 Å². The molecule has 144 valence electrons. The van der Waals surface area contributed by atoms with Crippen LogP contribution in [0.2, 0.25) is 0 Å². The van der Waals surface area contributed by atoms with Crippen LogP contribution in [0, 0.1) is 0 Å². The average molecular weight is 381 g/mol. The molecular weight excluding hydrogens is 354 g/mol. The van der Waals surface area contributed by atoms with Crippen molar-refractivity contribution >= 4 is 21.4 Å². The number of hydrogen-bond donors (Lipinski definition) is 1. The van der Waals surface area contributed by atoms with E-state index in [9.17, 15) is 13.2 Å². The highest BCUT2D eigenvalue weighted by Crippen LogP contribution is 2.28. The van der Waals surface area contributed by atoms with Crippen LogP contribution in [0.5, 0.6) is 5.75 Å². The third kappa shape index (κ3) is 4.67. The van der Waals surface area contributed by atoms with Crippen molar-refractivity contribution in [2.24, 2.45) is 0 Å². The Kier molecular flexibility index (Phi) is 6.03. The quantitative estimate of drug-likeness (QED) is 0.774. The second-order valence-corrected chi connectivity index (χ2v) is 9.07. The fourth-order valence-corrected chi connectivity index (χ4v) is 5.29. The fraction of sp³-hybridized carbons (Fsp3) is 0.611. The second kappa shape index (κ2) is 8.26. The highest BCUT2D eigenvalue weighted by atomic mass is 32.2. The van der Waals surface area contributed by atoms with Gasteiger partial charge in [-0.3, -0.25) is 4.79 Å². The first-order chi connectivity index (χ1) is 12.5. The number of ether oxygens (including phenoxy) is 1. The van der Waals surface area contributed by atoms with Gasteiger partial charge in [-0.15, -0.1) is 0 Å². The predicted octanol–water partition coefficient (Wildman–Crippen LogP) is 0.511. The number of amides is 1. The summed E-state index contributed by atoms with van der Waals surface area (Å²) in [6.45, 7) is 3.47. The third-order valence-corrected chi connectivity index (χ3v) is 6.83. The van der Waals surface area contributed by atoms with Gasteiger partial charge in [-0.2, -0.15) is 0 Å². The van der Waals surface area contributed by atoms with Crippen molar-refractivity contribution in [1.82, 2.24) is 10.2 Å². The maximum atomic E-state index is 12.4. The van der Waals surface area contributed by atoms with E-state index in [-0.39, 0.29) is 23.5 Å². The van der Waals surface area contributed by atoms with Crippen LogP contribution in [-0.4, -0.2) is 76.6 Å². The maximum absolute atomic E-state index is 12.4. The number of piperazine rings is 1. The molecule has 0 aromatic heterocycles. The molecule has 2 saturated heterocycles. The smallest absolute Gasteiger partial charge is 0.223 e. The van der Waals surface area contributed by atoms with Crippen molar-refractivity contribution in [2.75, 3.05) is 56.2 Å². The molecule has 0 radical (unpaired) electrons. The molecule has 2 heterocycles. The summed E-state index contributed by atoms with van der Waals surface area (Å²) in [5.74, 6) is 1.42. The number of nitrogens with one attached hydrogen (secondary N) is 1. The lowest BCUT2D eigenvalue weighted by atomic mass is 10.2. The largest absolute Gasteiger partial charge is 0.495 e. The summed E-state index contributed by atoms with van der Waals surface area (Å²) >= 11 is 0. The standard InChI is InChI=1S/C18H27N3O4S/c1-25-17-5-3-2-4-16(17)20-9-11-21(12-10-20)18(22)6-8-19-15-7-13-26(23,24)14-15/h2-5,15,19H,6-14H2,1H3. The van der Waals surface area contributed by atoms with Gasteiger partial charge in [-0.05, 0) is 18.6 Å². The molecule has 1 atom stereocenters. The maximum Gasteiger partial charge on any atom is 0.223 e. The van der Waals surface area contributed by atoms with E-state index in [2.05, 4.69) is 10.2 Å². The number of anilines is 1. The Balaban J connectivity index is 1.42. The van der Waals surface area contributed by atoms with Crippen LogP contribution < -0.4 is 15.0 Å². The molecule has 7 nitrogen and oxygen atoms in total. The molecule has 3 rings (SSSR count). The first-order valence-corrected chi connectivity index (χ1v) is 10.9. The topological polar surface area (TPSA) is 79.0 Å². The number of methoxy groups -OCH3 is 1. The van der Waals surface area contributed by atoms with Crippen LogP contribution in [0.25, 0.3) is 0 Å². The van der Waals surface area contributed by atoms with Crippen LogP contribution in [0.4, 0.5) is 5.69 Å². The number of para-hydroxylation sites is 2. The molecule has 0 saturated carbocycles. The van der Waals surface area contributed by atoms with E-state index in [0.717, 1.165) is 24.5 Å². The Morgan fingerprint density at radius 3 is 2.62 bits per heavy atom. The molecule has 2 aliphatic heterocycles. The van der Waals surface area contributed by atoms with Gasteiger partial charge in [0.2, 0.25) is 5.91 Å². The number of sulfone groups is 1. The van der Waals surface area contributed by atoms with Crippen molar-refractivity contribution in [1.29, 1.82) is 0 Å². The lowest BCUT2D eigenvalue weighted by molar-refractivity contribution is -0.131. The van der Waals surface area contributed by atoms with E-state index < -0.39 is 9.84 Å². The van der Waals surface area contributed by atoms with Crippen LogP contribution >= 0.6 is 0 Å². The van der Waals surface area contributed by atoms with E-state index in [1.807, 2.05) is 29.2 Å². The molecule has 1 amide bonds. The van der Waals surface area contributed by atoms with E-state index in [1.54, 1.807) is 7.11 Å². The molecule has 0 spiro atoms. The van der Waals surface area contributed by atoms with Gasteiger partial charge in [-0.1, -0.05) is 12.1 Å². The summed E-state index contributed by atoms with van der Waals surface area (Å²) in [5.41, 5.74) is 1.06. The highest BCUT2D eigenvalue weighted by Gasteiger charge is 2.28. The molecule has 2 fully saturated rings. The van der Waals surface area contributed by atoms with Crippen LogP contribution in [0.15, 0.2) is 24.3 Å². The van der Waals surface area contributed by atoms with Gasteiger partial charge in [0.1, 0.15) is 5.75 Å². The van der Waals surface area contributed by atoms with Gasteiger partial charge >= 0.3 is 0 Å². The minimum absolute atomic E-state index is 0.00445. The van der Waals surface area contributed by atoms with Crippen LogP contribution in [0.3, 0.4) is 0 Å². The van der Waals surface area contributed by atoms with Gasteiger partial charge in [0.25, 0.3) is 0 Å². The SMILES string of the molecule is COc1ccccc1N1CCN(C(=O)CCNC2CCS(=O)(=O)C2)CC1. The van der Waals surface area contributed by atoms with Gasteiger partial charge in [0.15, 0.2) is 9.84 Å². The minimum Gasteiger partial charge on any atom is -0.495 e. The number of benzene rings is 1. The Hall–Kier alpha value is -1.80. The van der Waals surface area contributed by atoms with E-state index >= 15 is 0 Å². The molecule has 0 aliphatic carbocycles. The molecule has 2 aliphatic rings. The molecule has 0 bridgehead atoms. The zero-order valence-electron chi connectivity index (χ0n) is 15.2. The zero-order chi connectivity index (χ0) is 18.6. The zero-order valence-corrected chi connectivity index (χ0v) is 16.0. The van der Waals surface area contributed by atoms with Crippen LogP contribution in [0.1, 0.15) is 12.8 Å². The summed E-state index contributed by atoms with van der Waals surface area (Å²) in [7, 11) is -1.21. The van der Waals surface area contributed by atoms with Gasteiger partial charge in [-0.25, -0.2) is 8.42 Å². The Labute approximate surface area is 155 Å². The van der Waals surface area contributed by atoms with Gasteiger partial charge in [0.05, 0.1) is 24.3 Å². The molecule has 1 unspecified atom stereocenters. The predicted molar refractivity (Wildman–Crippen MR) is 101 cm³/mol. The Morgan fingerprint density at radius 1 is 1.23 bits per heavy atom. The summed E-state index contributed by atoms with van der Waals surface area (Å²) in [6.07, 6.45) is 1.05. The van der Waals surface area contributed by atoms with Crippen LogP contribution in [-0.2, 0) is 14.6 Å². The van der Waals surface area contributed by atoms with Crippen molar-refractivity contribution in [3.63, 3.8) is 0 Å². The molecule has 1 N–H and O–H groups in total. The van der Waals surface area contributed by atoms with Crippen molar-refractivity contribution in [2.45, 2.75) is 18.9 Å². The first kappa shape index (κ1) is 19.0. The van der Waals surface area contributed by atoms with E-state index in [1.165, 1.54) is 0 Å². The lowest BCUT2D eigenvalue weighted by Gasteiger charge is -2.36. The molecule has 8 heteroatoms. The number of nitrogens with zero attached hydrogens (tertiary/aromatic N) is 2. The normalized spacial score (nSPS) is 22.4.